The van der Waals surface area contributed by atoms with Crippen molar-refractivity contribution in [2.45, 2.75) is 66.4 Å². The first-order valence-corrected chi connectivity index (χ1v) is 45.4. The minimum Gasteiger partial charge on any atom is -0.441 e. The summed E-state index contributed by atoms with van der Waals surface area (Å²) in [4.78, 5) is 30.7. The standard InChI is InChI=1S/C21H15FO2.2C20H14F5N.C20H17F2N.C19H14F3N.C19H14F2N2O2/c1-14-6-8-15(9-7-14)21(16-10-12-17(22)13-11-16)19-5-3-2-4-18(19)20(23)24-21;1-13-11-15(7-9-18(13)21)26(14-5-3-2-4-6-14)16-8-10-19(22)17(12-16)20(23,24)25;1-13-7-8-15(11-17(13)20(23,24)25)26(14-5-3-2-4-6-14)16-9-10-18(21)19(22)12-16;1-14-8-9-18(13-20(14)22)23(16-6-4-3-5-7-16)17-10-11-19(21)15(2)12-17;1-13-7-8-15(11-18(13)21)23(14-5-3-2-4-6-14)16-9-10-17(20)19(22)12-16;1-13-7-8-15(11-17(13)20)22(14-5-3-2-4-6-14)16-9-10-19(23(24)25)18(21)12-16/h2-13H,1H3;2*2-12H,1H3;3-13H,1-2H3;2-12H,1H3;2-12H,1H3. The van der Waals surface area contributed by atoms with Crippen LogP contribution in [0.3, 0.4) is 0 Å². The number of ether oxygens (including phenoxy) is 1. The van der Waals surface area contributed by atoms with E-state index in [2.05, 4.69) is 0 Å². The molecule has 19 rings (SSSR count). The smallest absolute Gasteiger partial charge is 0.419 e. The van der Waals surface area contributed by atoms with E-state index in [1.54, 1.807) is 190 Å². The van der Waals surface area contributed by atoms with Gasteiger partial charge in [-0.25, -0.2) is 53.1 Å². The molecule has 1 atom stereocenters. The Hall–Kier alpha value is -17.4. The van der Waals surface area contributed by atoms with Crippen molar-refractivity contribution in [3.63, 3.8) is 0 Å². The number of nitro groups is 1. The molecule has 147 heavy (non-hydrogen) atoms. The van der Waals surface area contributed by atoms with Gasteiger partial charge in [0.1, 0.15) is 40.7 Å². The fourth-order valence-corrected chi connectivity index (χ4v) is 16.1. The summed E-state index contributed by atoms with van der Waals surface area (Å²) >= 11 is 0. The summed E-state index contributed by atoms with van der Waals surface area (Å²) in [5, 5.41) is 10.8. The average molecular weight is 2010 g/mol. The van der Waals surface area contributed by atoms with E-state index >= 15 is 0 Å². The maximum Gasteiger partial charge on any atom is 0.419 e. The fraction of sp³-hybridized carbons (Fsp3) is 0.0840. The van der Waals surface area contributed by atoms with Gasteiger partial charge in [-0.1, -0.05) is 175 Å². The van der Waals surface area contributed by atoms with E-state index in [9.17, 15) is 93.9 Å². The van der Waals surface area contributed by atoms with Crippen molar-refractivity contribution in [1.29, 1.82) is 0 Å². The zero-order valence-corrected chi connectivity index (χ0v) is 79.3. The lowest BCUT2D eigenvalue weighted by Crippen LogP contribution is -2.29. The second-order valence-corrected chi connectivity index (χ2v) is 33.8. The highest BCUT2D eigenvalue weighted by atomic mass is 19.4. The third-order valence-electron chi connectivity index (χ3n) is 23.6. The minimum atomic E-state index is -4.82. The van der Waals surface area contributed by atoms with Crippen LogP contribution < -0.4 is 24.5 Å². The van der Waals surface area contributed by atoms with Crippen molar-refractivity contribution < 1.29 is 93.5 Å². The number of fused-ring (bicyclic) bond motifs is 1. The summed E-state index contributed by atoms with van der Waals surface area (Å²) in [6, 6.07) is 107. The van der Waals surface area contributed by atoms with Gasteiger partial charge in [-0.05, 0) is 294 Å². The number of para-hydroxylation sites is 5. The molecular formula is C119H88F18N6O4. The molecule has 18 aromatic rings. The first-order valence-electron chi connectivity index (χ1n) is 45.4. The van der Waals surface area contributed by atoms with Crippen LogP contribution >= 0.6 is 0 Å². The molecule has 1 heterocycles. The van der Waals surface area contributed by atoms with Gasteiger partial charge in [0.05, 0.1) is 21.6 Å². The van der Waals surface area contributed by atoms with E-state index < -0.39 is 80.4 Å². The van der Waals surface area contributed by atoms with Crippen LogP contribution in [0, 0.1) is 128 Å². The molecule has 28 heteroatoms. The number of alkyl halides is 6. The van der Waals surface area contributed by atoms with Gasteiger partial charge >= 0.3 is 24.0 Å². The van der Waals surface area contributed by atoms with Crippen LogP contribution in [-0.2, 0) is 22.7 Å². The molecule has 0 aromatic heterocycles. The molecule has 0 radical (unpaired) electrons. The lowest BCUT2D eigenvalue weighted by atomic mass is 9.80. The SMILES string of the molecule is Cc1cc(N(c2ccccc2)c2ccc(C)c(F)c2)ccc1F.Cc1cc(N(c2ccccc2)c2ccc(F)c(C(F)(F)F)c2)ccc1F.Cc1ccc(C2(c3ccc(F)cc3)OC(=O)c3ccccc32)cc1.Cc1ccc(N(c2ccccc2)c2ccc(F)c(F)c2)cc1C(F)(F)F.Cc1ccc(N(c2ccccc2)c2ccc(F)c(F)c2)cc1F.Cc1ccc(N(c2ccccc2)c2ccc([N+](=O)[O-])c(F)c2)cc1F. The van der Waals surface area contributed by atoms with Crippen LogP contribution in [0.5, 0.6) is 0 Å². The lowest BCUT2D eigenvalue weighted by molar-refractivity contribution is -0.387. The maximum atomic E-state index is 14.1. The van der Waals surface area contributed by atoms with E-state index in [0.29, 0.717) is 84.6 Å². The quantitative estimate of drug-likeness (QED) is 0.0361. The molecule has 18 aromatic carbocycles. The number of hydrogen-bond acceptors (Lipinski definition) is 9. The first kappa shape index (κ1) is 105. The third kappa shape index (κ3) is 25.1. The van der Waals surface area contributed by atoms with Gasteiger partial charge in [0.15, 0.2) is 28.9 Å². The number of carbonyl (C=O) groups excluding carboxylic acids is 1. The monoisotopic (exact) mass is 2010 g/mol. The largest absolute Gasteiger partial charge is 0.441 e. The molecule has 1 unspecified atom stereocenters. The predicted molar refractivity (Wildman–Crippen MR) is 540 cm³/mol. The normalized spacial score (nSPS) is 12.3. The van der Waals surface area contributed by atoms with Crippen LogP contribution in [0.4, 0.5) is 170 Å². The lowest BCUT2D eigenvalue weighted by Gasteiger charge is -2.30. The molecule has 1 aliphatic heterocycles. The Morgan fingerprint density at radius 3 is 0.837 bits per heavy atom. The number of halogens is 18. The number of nitro benzene ring substituents is 1. The third-order valence-corrected chi connectivity index (χ3v) is 23.6. The van der Waals surface area contributed by atoms with E-state index in [4.69, 9.17) is 4.74 Å². The van der Waals surface area contributed by atoms with Crippen LogP contribution in [0.1, 0.15) is 77.1 Å². The number of rotatable bonds is 18. The summed E-state index contributed by atoms with van der Waals surface area (Å²) in [7, 11) is 0. The number of esters is 1. The maximum absolute atomic E-state index is 14.1. The molecule has 0 spiro atoms. The summed E-state index contributed by atoms with van der Waals surface area (Å²) in [5.41, 5.74) is 10.5. The fourth-order valence-electron chi connectivity index (χ4n) is 16.1. The number of hydrogen-bond donors (Lipinski definition) is 0. The Balaban J connectivity index is 0.000000139. The molecule has 0 N–H and O–H groups in total. The number of cyclic esters (lactones) is 1. The Morgan fingerprint density at radius 1 is 0.245 bits per heavy atom. The summed E-state index contributed by atoms with van der Waals surface area (Å²) < 4.78 is 249. The first-order chi connectivity index (χ1) is 70.2. The Bertz CT molecular complexity index is 7240. The van der Waals surface area contributed by atoms with Gasteiger partial charge in [0.25, 0.3) is 0 Å². The van der Waals surface area contributed by atoms with Crippen molar-refractivity contribution in [3.8, 4) is 0 Å². The van der Waals surface area contributed by atoms with Crippen LogP contribution in [-0.4, -0.2) is 10.9 Å². The number of carbonyl (C=O) groups is 1. The van der Waals surface area contributed by atoms with Crippen LogP contribution in [0.25, 0.3) is 0 Å². The van der Waals surface area contributed by atoms with Crippen molar-refractivity contribution in [1.82, 2.24) is 0 Å². The van der Waals surface area contributed by atoms with E-state index in [1.165, 1.54) is 108 Å². The van der Waals surface area contributed by atoms with Gasteiger partial charge in [-0.2, -0.15) is 30.7 Å². The van der Waals surface area contributed by atoms with E-state index in [0.717, 1.165) is 93.9 Å². The highest BCUT2D eigenvalue weighted by Crippen LogP contribution is 2.50. The van der Waals surface area contributed by atoms with E-state index in [-0.39, 0.29) is 57.7 Å². The highest BCUT2D eigenvalue weighted by molar-refractivity contribution is 5.96. The molecule has 10 nitrogen and oxygen atoms in total. The number of benzene rings is 18. The van der Waals surface area contributed by atoms with Crippen LogP contribution in [0.2, 0.25) is 0 Å². The Labute approximate surface area is 835 Å². The summed E-state index contributed by atoms with van der Waals surface area (Å²) in [5.74, 6) is -8.63. The average Bonchev–Trinajstić information content (AvgIpc) is 1.57. The summed E-state index contributed by atoms with van der Waals surface area (Å²) in [6.45, 7) is 11.7. The van der Waals surface area contributed by atoms with Gasteiger partial charge in [0.2, 0.25) is 5.82 Å². The van der Waals surface area contributed by atoms with Gasteiger partial charge in [0, 0.05) is 126 Å². The molecular weight excluding hydrogens is 1920 g/mol. The Morgan fingerprint density at radius 2 is 0.517 bits per heavy atom. The number of aryl methyl sites for hydroxylation is 7. The second kappa shape index (κ2) is 46.3. The van der Waals surface area contributed by atoms with Gasteiger partial charge in [-0.3, -0.25) is 10.1 Å². The molecule has 0 aliphatic carbocycles. The topological polar surface area (TPSA) is 85.6 Å². The van der Waals surface area contributed by atoms with Crippen molar-refractivity contribution in [3.05, 3.63) is 559 Å². The molecule has 744 valence electrons. The summed E-state index contributed by atoms with van der Waals surface area (Å²) in [6.07, 6.45) is -9.34. The number of anilines is 15. The van der Waals surface area contributed by atoms with Crippen molar-refractivity contribution in [2.24, 2.45) is 0 Å². The van der Waals surface area contributed by atoms with Crippen molar-refractivity contribution >= 4 is 97.0 Å². The molecule has 0 saturated heterocycles. The number of nitrogens with zero attached hydrogens (tertiary/aromatic N) is 6. The van der Waals surface area contributed by atoms with Gasteiger partial charge in [-0.15, -0.1) is 0 Å². The zero-order valence-electron chi connectivity index (χ0n) is 79.3. The van der Waals surface area contributed by atoms with Gasteiger partial charge < -0.3 is 29.2 Å². The Kier molecular flexibility index (Phi) is 33.2. The minimum absolute atomic E-state index is 0.0829. The molecule has 0 fully saturated rings. The van der Waals surface area contributed by atoms with Crippen LogP contribution in [0.15, 0.2) is 406 Å². The molecule has 1 aliphatic rings. The molecule has 0 saturated carbocycles. The molecule has 0 bridgehead atoms. The van der Waals surface area contributed by atoms with E-state index in [1.807, 2.05) is 127 Å². The second-order valence-electron chi connectivity index (χ2n) is 33.8. The highest BCUT2D eigenvalue weighted by Gasteiger charge is 2.49. The molecule has 0 amide bonds. The predicted octanol–water partition coefficient (Wildman–Crippen LogP) is 35.7. The van der Waals surface area contributed by atoms with Crippen molar-refractivity contribution in [2.75, 3.05) is 24.5 Å². The zero-order chi connectivity index (χ0) is 105.